The summed E-state index contributed by atoms with van der Waals surface area (Å²) in [5, 5.41) is 7.71. The van der Waals surface area contributed by atoms with Crippen LogP contribution in [0.5, 0.6) is 0 Å². The zero-order chi connectivity index (χ0) is 16.4. The van der Waals surface area contributed by atoms with Gasteiger partial charge in [0, 0.05) is 13.6 Å². The van der Waals surface area contributed by atoms with E-state index in [-0.39, 0.29) is 17.8 Å². The first-order valence-electron chi connectivity index (χ1n) is 7.94. The quantitative estimate of drug-likeness (QED) is 0.922. The van der Waals surface area contributed by atoms with Crippen molar-refractivity contribution in [3.8, 4) is 5.69 Å². The molecule has 1 aliphatic rings. The molecule has 1 N–H and O–H groups in total. The summed E-state index contributed by atoms with van der Waals surface area (Å²) in [6.07, 6.45) is 4.25. The van der Waals surface area contributed by atoms with Gasteiger partial charge >= 0.3 is 0 Å². The monoisotopic (exact) mass is 316 g/mol. The van der Waals surface area contributed by atoms with Crippen LogP contribution in [-0.4, -0.2) is 40.2 Å². The number of benzene rings is 1. The molecule has 23 heavy (non-hydrogen) atoms. The first-order chi connectivity index (χ1) is 11.1. The third-order valence-electron chi connectivity index (χ3n) is 4.17. The number of halogens is 1. The zero-order valence-electron chi connectivity index (χ0n) is 13.4. The van der Waals surface area contributed by atoms with Crippen molar-refractivity contribution in [3.63, 3.8) is 0 Å². The summed E-state index contributed by atoms with van der Waals surface area (Å²) in [6.45, 7) is 2.85. The molecule has 1 amide bonds. The minimum absolute atomic E-state index is 0.103. The van der Waals surface area contributed by atoms with Crippen LogP contribution in [-0.2, 0) is 11.2 Å². The molecule has 0 spiro atoms. The Morgan fingerprint density at radius 2 is 2.26 bits per heavy atom. The molecule has 1 saturated heterocycles. The van der Waals surface area contributed by atoms with Crippen LogP contribution < -0.4 is 5.32 Å². The van der Waals surface area contributed by atoms with Crippen LogP contribution in [0.15, 0.2) is 30.5 Å². The van der Waals surface area contributed by atoms with Gasteiger partial charge in [0.2, 0.25) is 5.91 Å². The molecule has 2 heterocycles. The normalized spacial score (nSPS) is 17.8. The standard InChI is InChI=1S/C17H21FN4O/c1-3-5-16-15(20-14-8-9-21(2)17(14)23)11-19-22(16)13-7-4-6-12(18)10-13/h4,6-7,10-11,14,20H,3,5,8-9H2,1-2H3/t14-/m1/s1. The van der Waals surface area contributed by atoms with Crippen molar-refractivity contribution in [1.29, 1.82) is 0 Å². The Kier molecular flexibility index (Phi) is 4.32. The Hall–Kier alpha value is -2.37. The van der Waals surface area contributed by atoms with Crippen LogP contribution >= 0.6 is 0 Å². The number of nitrogens with one attached hydrogen (secondary N) is 1. The second kappa shape index (κ2) is 6.40. The number of hydrogen-bond acceptors (Lipinski definition) is 3. The van der Waals surface area contributed by atoms with Crippen molar-refractivity contribution in [2.24, 2.45) is 0 Å². The maximum absolute atomic E-state index is 13.5. The van der Waals surface area contributed by atoms with E-state index in [0.29, 0.717) is 5.69 Å². The average Bonchev–Trinajstić information content (AvgIpc) is 3.07. The molecule has 122 valence electrons. The Bertz CT molecular complexity index is 712. The van der Waals surface area contributed by atoms with Gasteiger partial charge in [0.1, 0.15) is 11.9 Å². The lowest BCUT2D eigenvalue weighted by molar-refractivity contribution is -0.127. The van der Waals surface area contributed by atoms with Gasteiger partial charge in [-0.25, -0.2) is 9.07 Å². The highest BCUT2D eigenvalue weighted by molar-refractivity contribution is 5.86. The van der Waals surface area contributed by atoms with Gasteiger partial charge < -0.3 is 10.2 Å². The molecule has 6 heteroatoms. The third kappa shape index (κ3) is 3.06. The lowest BCUT2D eigenvalue weighted by atomic mass is 10.2. The maximum Gasteiger partial charge on any atom is 0.244 e. The number of rotatable bonds is 5. The Morgan fingerprint density at radius 3 is 2.91 bits per heavy atom. The van der Waals surface area contributed by atoms with E-state index in [2.05, 4.69) is 17.3 Å². The van der Waals surface area contributed by atoms with Gasteiger partial charge in [0.05, 0.1) is 23.3 Å². The fourth-order valence-corrected chi connectivity index (χ4v) is 2.95. The topological polar surface area (TPSA) is 50.2 Å². The van der Waals surface area contributed by atoms with E-state index in [1.54, 1.807) is 21.8 Å². The minimum Gasteiger partial charge on any atom is -0.371 e. The molecule has 1 fully saturated rings. The van der Waals surface area contributed by atoms with Crippen LogP contribution in [0.4, 0.5) is 10.1 Å². The van der Waals surface area contributed by atoms with E-state index in [9.17, 15) is 9.18 Å². The number of carbonyl (C=O) groups excluding carboxylic acids is 1. The first-order valence-corrected chi connectivity index (χ1v) is 7.94. The molecule has 5 nitrogen and oxygen atoms in total. The fraction of sp³-hybridized carbons (Fsp3) is 0.412. The van der Waals surface area contributed by atoms with E-state index in [1.807, 2.05) is 13.1 Å². The number of carbonyl (C=O) groups is 1. The van der Waals surface area contributed by atoms with Crippen molar-refractivity contribution >= 4 is 11.6 Å². The predicted molar refractivity (Wildman–Crippen MR) is 87.2 cm³/mol. The van der Waals surface area contributed by atoms with Crippen molar-refractivity contribution < 1.29 is 9.18 Å². The minimum atomic E-state index is -0.289. The van der Waals surface area contributed by atoms with Crippen LogP contribution in [0.2, 0.25) is 0 Å². The van der Waals surface area contributed by atoms with E-state index >= 15 is 0 Å². The highest BCUT2D eigenvalue weighted by atomic mass is 19.1. The molecule has 2 aromatic rings. The third-order valence-corrected chi connectivity index (χ3v) is 4.17. The van der Waals surface area contributed by atoms with Gasteiger partial charge in [-0.15, -0.1) is 0 Å². The maximum atomic E-state index is 13.5. The van der Waals surface area contributed by atoms with Gasteiger partial charge in [0.15, 0.2) is 0 Å². The second-order valence-electron chi connectivity index (χ2n) is 5.89. The van der Waals surface area contributed by atoms with Gasteiger partial charge in [0.25, 0.3) is 0 Å². The van der Waals surface area contributed by atoms with Gasteiger partial charge in [-0.05, 0) is 31.0 Å². The van der Waals surface area contributed by atoms with Crippen LogP contribution in [0.25, 0.3) is 5.69 Å². The lowest BCUT2D eigenvalue weighted by Gasteiger charge is -2.14. The SMILES string of the molecule is CCCc1c(N[C@@H]2CCN(C)C2=O)cnn1-c1cccc(F)c1. The molecule has 0 aliphatic carbocycles. The van der Waals surface area contributed by atoms with Gasteiger partial charge in [-0.1, -0.05) is 19.4 Å². The summed E-state index contributed by atoms with van der Waals surface area (Å²) in [4.78, 5) is 13.8. The highest BCUT2D eigenvalue weighted by Crippen LogP contribution is 2.24. The van der Waals surface area contributed by atoms with E-state index in [1.165, 1.54) is 12.1 Å². The van der Waals surface area contributed by atoms with E-state index in [0.717, 1.165) is 37.2 Å². The molecule has 1 atom stereocenters. The van der Waals surface area contributed by atoms with Crippen molar-refractivity contribution in [2.45, 2.75) is 32.2 Å². The molecule has 1 aromatic heterocycles. The highest BCUT2D eigenvalue weighted by Gasteiger charge is 2.29. The molecule has 0 saturated carbocycles. The Morgan fingerprint density at radius 1 is 1.43 bits per heavy atom. The fourth-order valence-electron chi connectivity index (χ4n) is 2.95. The largest absolute Gasteiger partial charge is 0.371 e. The predicted octanol–water partition coefficient (Wildman–Crippen LogP) is 2.61. The number of likely N-dealkylation sites (tertiary alicyclic amines) is 1. The van der Waals surface area contributed by atoms with E-state index < -0.39 is 0 Å². The number of aromatic nitrogens is 2. The van der Waals surface area contributed by atoms with Gasteiger partial charge in [-0.2, -0.15) is 5.10 Å². The summed E-state index contributed by atoms with van der Waals surface area (Å²) in [5.74, 6) is -0.187. The molecule has 1 aliphatic heterocycles. The molecule has 0 bridgehead atoms. The summed E-state index contributed by atoms with van der Waals surface area (Å²) in [5.41, 5.74) is 2.52. The van der Waals surface area contributed by atoms with Crippen molar-refractivity contribution in [1.82, 2.24) is 14.7 Å². The van der Waals surface area contributed by atoms with Crippen LogP contribution in [0.1, 0.15) is 25.5 Å². The summed E-state index contributed by atoms with van der Waals surface area (Å²) < 4.78 is 15.2. The number of hydrogen-bond donors (Lipinski definition) is 1. The van der Waals surface area contributed by atoms with Crippen LogP contribution in [0.3, 0.4) is 0 Å². The number of likely N-dealkylation sites (N-methyl/N-ethyl adjacent to an activating group) is 1. The number of amides is 1. The molecule has 3 rings (SSSR count). The summed E-state index contributed by atoms with van der Waals surface area (Å²) in [7, 11) is 1.81. The van der Waals surface area contributed by atoms with E-state index in [4.69, 9.17) is 0 Å². The molecular weight excluding hydrogens is 295 g/mol. The second-order valence-corrected chi connectivity index (χ2v) is 5.89. The Labute approximate surface area is 135 Å². The van der Waals surface area contributed by atoms with Crippen LogP contribution in [0, 0.1) is 5.82 Å². The first kappa shape index (κ1) is 15.5. The molecule has 1 aromatic carbocycles. The molecule has 0 unspecified atom stereocenters. The zero-order valence-corrected chi connectivity index (χ0v) is 13.4. The molecular formula is C17H21FN4O. The number of nitrogens with zero attached hydrogens (tertiary/aromatic N) is 3. The number of anilines is 1. The van der Waals surface area contributed by atoms with Crippen molar-refractivity contribution in [2.75, 3.05) is 18.9 Å². The lowest BCUT2D eigenvalue weighted by Crippen LogP contribution is -2.31. The molecule has 0 radical (unpaired) electrons. The van der Waals surface area contributed by atoms with Gasteiger partial charge in [-0.3, -0.25) is 4.79 Å². The van der Waals surface area contributed by atoms with Crippen molar-refractivity contribution in [3.05, 3.63) is 42.0 Å². The summed E-state index contributed by atoms with van der Waals surface area (Å²) in [6, 6.07) is 6.17. The Balaban J connectivity index is 1.91. The smallest absolute Gasteiger partial charge is 0.244 e. The summed E-state index contributed by atoms with van der Waals surface area (Å²) >= 11 is 0. The average molecular weight is 316 g/mol.